The van der Waals surface area contributed by atoms with Gasteiger partial charge < -0.3 is 5.11 Å². The lowest BCUT2D eigenvalue weighted by Crippen LogP contribution is -2.25. The number of urea groups is 1. The van der Waals surface area contributed by atoms with Crippen molar-refractivity contribution >= 4 is 6.03 Å². The Morgan fingerprint density at radius 1 is 1.86 bits per heavy atom. The van der Waals surface area contributed by atoms with Crippen LogP contribution in [0.5, 0.6) is 0 Å². The number of hydroxylamine groups is 1. The lowest BCUT2D eigenvalue weighted by atomic mass is 11.0. The second kappa shape index (κ2) is 1.36. The molecule has 5 nitrogen and oxygen atoms in total. The van der Waals surface area contributed by atoms with Crippen molar-refractivity contribution in [2.75, 3.05) is 0 Å². The zero-order chi connectivity index (χ0) is 5.28. The van der Waals surface area contributed by atoms with Gasteiger partial charge in [-0.15, -0.1) is 0 Å². The van der Waals surface area contributed by atoms with Gasteiger partial charge in [0.25, 0.3) is 6.41 Å². The monoisotopic (exact) mass is 104 g/mol. The minimum atomic E-state index is -1.19. The van der Waals surface area contributed by atoms with Gasteiger partial charge in [-0.1, -0.05) is 0 Å². The first-order chi connectivity index (χ1) is 3.29. The van der Waals surface area contributed by atoms with Crippen molar-refractivity contribution in [2.45, 2.75) is 6.41 Å². The van der Waals surface area contributed by atoms with Crippen LogP contribution >= 0.6 is 0 Å². The van der Waals surface area contributed by atoms with E-state index in [9.17, 15) is 4.79 Å². The maximum absolute atomic E-state index is 9.95. The molecule has 0 aromatic heterocycles. The summed E-state index contributed by atoms with van der Waals surface area (Å²) in [7, 11) is 0. The molecule has 0 spiro atoms. The standard InChI is InChI=1S/C2H4N2O3/c5-1-3-2(6)7-4-1/h2,6H,(H2,3,4,5). The van der Waals surface area contributed by atoms with Crippen molar-refractivity contribution < 1.29 is 14.7 Å². The molecule has 1 aliphatic rings. The zero-order valence-corrected chi connectivity index (χ0v) is 3.34. The Balaban J connectivity index is 2.40. The molecule has 1 aliphatic heterocycles. The van der Waals surface area contributed by atoms with Crippen LogP contribution in [0, 0.1) is 0 Å². The molecule has 1 heterocycles. The van der Waals surface area contributed by atoms with E-state index >= 15 is 0 Å². The summed E-state index contributed by atoms with van der Waals surface area (Å²) in [4.78, 5) is 14.1. The van der Waals surface area contributed by atoms with Gasteiger partial charge in [0.2, 0.25) is 0 Å². The Morgan fingerprint density at radius 3 is 2.71 bits per heavy atom. The van der Waals surface area contributed by atoms with Crippen molar-refractivity contribution in [3.63, 3.8) is 0 Å². The number of carbonyl (C=O) groups is 1. The second-order valence-electron chi connectivity index (χ2n) is 1.05. The first-order valence-corrected chi connectivity index (χ1v) is 1.69. The Hall–Kier alpha value is -0.810. The molecule has 1 saturated heterocycles. The minimum absolute atomic E-state index is 0.521. The Bertz CT molecular complexity index is 92.9. The fraction of sp³-hybridized carbons (Fsp3) is 0.500. The average molecular weight is 104 g/mol. The highest BCUT2D eigenvalue weighted by Crippen LogP contribution is 1.83. The molecule has 0 aromatic carbocycles. The number of rotatable bonds is 0. The molecule has 0 aromatic rings. The van der Waals surface area contributed by atoms with Crippen molar-refractivity contribution in [2.24, 2.45) is 0 Å². The van der Waals surface area contributed by atoms with Gasteiger partial charge in [-0.3, -0.25) is 5.32 Å². The van der Waals surface area contributed by atoms with Crippen molar-refractivity contribution in [1.82, 2.24) is 10.8 Å². The fourth-order valence-corrected chi connectivity index (χ4v) is 0.280. The summed E-state index contributed by atoms with van der Waals surface area (Å²) in [6, 6.07) is -0.521. The van der Waals surface area contributed by atoms with E-state index in [1.807, 2.05) is 10.8 Å². The maximum Gasteiger partial charge on any atom is 0.342 e. The van der Waals surface area contributed by atoms with Crippen LogP contribution in [0.1, 0.15) is 0 Å². The van der Waals surface area contributed by atoms with Crippen LogP contribution < -0.4 is 10.8 Å². The molecule has 1 rings (SSSR count). The minimum Gasteiger partial charge on any atom is -0.350 e. The van der Waals surface area contributed by atoms with Crippen molar-refractivity contribution in [3.8, 4) is 0 Å². The molecule has 40 valence electrons. The molecule has 0 radical (unpaired) electrons. The van der Waals surface area contributed by atoms with Gasteiger partial charge in [0.05, 0.1) is 0 Å². The summed E-state index contributed by atoms with van der Waals surface area (Å²) in [5, 5.41) is 10.3. The number of carbonyl (C=O) groups excluding carboxylic acids is 1. The Kier molecular flexibility index (Phi) is 0.844. The maximum atomic E-state index is 9.95. The first kappa shape index (κ1) is 4.35. The highest BCUT2D eigenvalue weighted by atomic mass is 16.8. The highest BCUT2D eigenvalue weighted by Gasteiger charge is 2.16. The lowest BCUT2D eigenvalue weighted by molar-refractivity contribution is -0.108. The summed E-state index contributed by atoms with van der Waals surface area (Å²) in [6.45, 7) is 0. The predicted octanol–water partition coefficient (Wildman–Crippen LogP) is -1.49. The molecule has 0 saturated carbocycles. The van der Waals surface area contributed by atoms with Gasteiger partial charge in [-0.25, -0.2) is 15.1 Å². The first-order valence-electron chi connectivity index (χ1n) is 1.69. The van der Waals surface area contributed by atoms with Crippen LogP contribution in [0.15, 0.2) is 0 Å². The smallest absolute Gasteiger partial charge is 0.342 e. The molecule has 0 bridgehead atoms. The second-order valence-corrected chi connectivity index (χ2v) is 1.05. The van der Waals surface area contributed by atoms with Gasteiger partial charge in [-0.2, -0.15) is 0 Å². The third-order valence-electron chi connectivity index (χ3n) is 0.518. The van der Waals surface area contributed by atoms with Crippen molar-refractivity contribution in [3.05, 3.63) is 0 Å². The zero-order valence-electron chi connectivity index (χ0n) is 3.34. The highest BCUT2D eigenvalue weighted by molar-refractivity contribution is 5.73. The topological polar surface area (TPSA) is 70.6 Å². The van der Waals surface area contributed by atoms with E-state index < -0.39 is 12.4 Å². The van der Waals surface area contributed by atoms with E-state index in [4.69, 9.17) is 5.11 Å². The number of hydrogen-bond acceptors (Lipinski definition) is 3. The number of aliphatic hydroxyl groups excluding tert-OH is 1. The molecule has 1 atom stereocenters. The average Bonchev–Trinajstić information content (AvgIpc) is 1.87. The summed E-state index contributed by atoms with van der Waals surface area (Å²) in [6.07, 6.45) is -1.19. The van der Waals surface area contributed by atoms with Crippen LogP contribution in [-0.2, 0) is 4.84 Å². The normalized spacial score (nSPS) is 29.3. The molecule has 0 aliphatic carbocycles. The third-order valence-corrected chi connectivity index (χ3v) is 0.518. The van der Waals surface area contributed by atoms with Crippen LogP contribution in [-0.4, -0.2) is 17.6 Å². The van der Waals surface area contributed by atoms with Gasteiger partial charge in [-0.05, 0) is 0 Å². The number of hydrogen-bond donors (Lipinski definition) is 3. The van der Waals surface area contributed by atoms with Crippen LogP contribution in [0.2, 0.25) is 0 Å². The number of nitrogens with one attached hydrogen (secondary N) is 2. The van der Waals surface area contributed by atoms with Crippen molar-refractivity contribution in [1.29, 1.82) is 0 Å². The van der Waals surface area contributed by atoms with Gasteiger partial charge in [0.1, 0.15) is 0 Å². The Morgan fingerprint density at radius 2 is 2.57 bits per heavy atom. The SMILES string of the molecule is O=C1NOC(O)N1. The van der Waals surface area contributed by atoms with E-state index in [2.05, 4.69) is 4.84 Å². The molecule has 7 heavy (non-hydrogen) atoms. The van der Waals surface area contributed by atoms with Gasteiger partial charge in [0.15, 0.2) is 0 Å². The van der Waals surface area contributed by atoms with Gasteiger partial charge >= 0.3 is 6.03 Å². The van der Waals surface area contributed by atoms with E-state index in [1.165, 1.54) is 0 Å². The fourth-order valence-electron chi connectivity index (χ4n) is 0.280. The molecule has 1 fully saturated rings. The van der Waals surface area contributed by atoms with Crippen LogP contribution in [0.25, 0.3) is 0 Å². The van der Waals surface area contributed by atoms with E-state index in [-0.39, 0.29) is 0 Å². The van der Waals surface area contributed by atoms with Gasteiger partial charge in [0, 0.05) is 0 Å². The summed E-state index contributed by atoms with van der Waals surface area (Å²) >= 11 is 0. The summed E-state index contributed by atoms with van der Waals surface area (Å²) < 4.78 is 0. The van der Waals surface area contributed by atoms with E-state index in [0.29, 0.717) is 0 Å². The molecule has 1 unspecified atom stereocenters. The van der Waals surface area contributed by atoms with Crippen LogP contribution in [0.4, 0.5) is 4.79 Å². The summed E-state index contributed by atoms with van der Waals surface area (Å²) in [5.74, 6) is 0. The van der Waals surface area contributed by atoms with E-state index in [0.717, 1.165) is 0 Å². The third kappa shape index (κ3) is 0.787. The quantitative estimate of drug-likeness (QED) is 0.350. The molecular formula is C2H4N2O3. The van der Waals surface area contributed by atoms with E-state index in [1.54, 1.807) is 0 Å². The molecule has 2 amide bonds. The largest absolute Gasteiger partial charge is 0.350 e. The Labute approximate surface area is 39.2 Å². The number of amides is 2. The molecule has 5 heteroatoms. The molecular weight excluding hydrogens is 100 g/mol. The number of aliphatic hydroxyl groups is 1. The van der Waals surface area contributed by atoms with Crippen LogP contribution in [0.3, 0.4) is 0 Å². The predicted molar refractivity (Wildman–Crippen MR) is 18.8 cm³/mol. The summed E-state index contributed by atoms with van der Waals surface area (Å²) in [5.41, 5.74) is 1.87. The lowest BCUT2D eigenvalue weighted by Gasteiger charge is -1.91. The molecule has 3 N–H and O–H groups in total.